The Morgan fingerprint density at radius 1 is 0.967 bits per heavy atom. The predicted octanol–water partition coefficient (Wildman–Crippen LogP) is 2.66. The molecule has 0 aliphatic carbocycles. The van der Waals surface area contributed by atoms with Gasteiger partial charge < -0.3 is 9.47 Å². The first-order valence-corrected chi connectivity index (χ1v) is 9.26. The number of carbonyl (C=O) groups excluding carboxylic acids is 1. The number of para-hydroxylation sites is 1. The van der Waals surface area contributed by atoms with Crippen molar-refractivity contribution in [1.29, 1.82) is 0 Å². The zero-order chi connectivity index (χ0) is 21.4. The minimum absolute atomic E-state index is 0.208. The van der Waals surface area contributed by atoms with Gasteiger partial charge in [0.25, 0.3) is 11.5 Å². The zero-order valence-electron chi connectivity index (χ0n) is 17.0. The van der Waals surface area contributed by atoms with E-state index in [4.69, 9.17) is 9.47 Å². The summed E-state index contributed by atoms with van der Waals surface area (Å²) in [5.41, 5.74) is 1.18. The third kappa shape index (κ3) is 3.12. The van der Waals surface area contributed by atoms with Crippen LogP contribution in [-0.4, -0.2) is 35.6 Å². The van der Waals surface area contributed by atoms with E-state index < -0.39 is 5.91 Å². The molecule has 2 aromatic carbocycles. The summed E-state index contributed by atoms with van der Waals surface area (Å²) in [6, 6.07) is 12.3. The standard InChI is InChI=1S/C22H20N4O4/c1-13-23-17-8-6-5-7-16(17)21(27)25(13)26-14(2)24-18(22(26)28)11-15-9-10-19(29-3)20(12-15)30-4/h5-12H,1-4H3. The first kappa shape index (κ1) is 19.4. The van der Waals surface area contributed by atoms with Gasteiger partial charge in [-0.25, -0.2) is 9.98 Å². The van der Waals surface area contributed by atoms with Crippen LogP contribution in [0.1, 0.15) is 18.3 Å². The molecular formula is C22H20N4O4. The molecule has 8 nitrogen and oxygen atoms in total. The van der Waals surface area contributed by atoms with Crippen LogP contribution in [0.15, 0.2) is 57.9 Å². The SMILES string of the molecule is COc1ccc(C=C2N=C(C)N(n3c(C)nc4ccccc4c3=O)C2=O)cc1OC. The number of nitrogens with zero attached hydrogens (tertiary/aromatic N) is 4. The number of amidine groups is 1. The summed E-state index contributed by atoms with van der Waals surface area (Å²) in [5.74, 6) is 1.50. The molecule has 0 saturated heterocycles. The highest BCUT2D eigenvalue weighted by molar-refractivity contribution is 6.23. The number of rotatable bonds is 4. The van der Waals surface area contributed by atoms with Gasteiger partial charge in [0.2, 0.25) is 0 Å². The Bertz CT molecular complexity index is 1290. The van der Waals surface area contributed by atoms with Gasteiger partial charge >= 0.3 is 0 Å². The molecule has 0 radical (unpaired) electrons. The molecule has 2 heterocycles. The summed E-state index contributed by atoms with van der Waals surface area (Å²) >= 11 is 0. The van der Waals surface area contributed by atoms with Crippen LogP contribution in [0, 0.1) is 6.92 Å². The molecule has 3 aromatic rings. The van der Waals surface area contributed by atoms with Gasteiger partial charge in [-0.2, -0.15) is 9.69 Å². The Balaban J connectivity index is 1.77. The number of aromatic nitrogens is 2. The van der Waals surface area contributed by atoms with Crippen LogP contribution in [0.25, 0.3) is 17.0 Å². The van der Waals surface area contributed by atoms with Crippen molar-refractivity contribution in [3.63, 3.8) is 0 Å². The lowest BCUT2D eigenvalue weighted by Crippen LogP contribution is -2.48. The fourth-order valence-corrected chi connectivity index (χ4v) is 3.43. The summed E-state index contributed by atoms with van der Waals surface area (Å²) in [7, 11) is 3.10. The molecule has 152 valence electrons. The molecule has 1 aliphatic rings. The highest BCUT2D eigenvalue weighted by Crippen LogP contribution is 2.29. The van der Waals surface area contributed by atoms with Crippen LogP contribution < -0.4 is 20.0 Å². The van der Waals surface area contributed by atoms with Gasteiger partial charge in [0, 0.05) is 0 Å². The average molecular weight is 404 g/mol. The van der Waals surface area contributed by atoms with E-state index in [1.807, 2.05) is 6.07 Å². The first-order chi connectivity index (χ1) is 14.4. The van der Waals surface area contributed by atoms with Gasteiger partial charge in [-0.3, -0.25) is 9.59 Å². The maximum atomic E-state index is 13.1. The maximum absolute atomic E-state index is 13.1. The molecule has 0 atom stereocenters. The number of amides is 1. The monoisotopic (exact) mass is 404 g/mol. The summed E-state index contributed by atoms with van der Waals surface area (Å²) in [6.07, 6.45) is 1.64. The topological polar surface area (TPSA) is 86.0 Å². The second-order valence-corrected chi connectivity index (χ2v) is 6.71. The molecule has 8 heteroatoms. The van der Waals surface area contributed by atoms with Crippen LogP contribution in [0.5, 0.6) is 11.5 Å². The molecule has 0 spiro atoms. The fraction of sp³-hybridized carbons (Fsp3) is 0.182. The van der Waals surface area contributed by atoms with Crippen molar-refractivity contribution in [2.45, 2.75) is 13.8 Å². The van der Waals surface area contributed by atoms with Crippen LogP contribution in [0.2, 0.25) is 0 Å². The predicted molar refractivity (Wildman–Crippen MR) is 115 cm³/mol. The zero-order valence-corrected chi connectivity index (χ0v) is 17.0. The van der Waals surface area contributed by atoms with Crippen LogP contribution in [0.4, 0.5) is 0 Å². The number of hydrogen-bond acceptors (Lipinski definition) is 6. The number of methoxy groups -OCH3 is 2. The van der Waals surface area contributed by atoms with Crippen molar-refractivity contribution < 1.29 is 14.3 Å². The Hall–Kier alpha value is -3.94. The Morgan fingerprint density at radius 3 is 2.43 bits per heavy atom. The third-order valence-electron chi connectivity index (χ3n) is 4.83. The van der Waals surface area contributed by atoms with Gasteiger partial charge in [-0.05, 0) is 49.8 Å². The summed E-state index contributed by atoms with van der Waals surface area (Å²) in [4.78, 5) is 35.1. The highest BCUT2D eigenvalue weighted by atomic mass is 16.5. The van der Waals surface area contributed by atoms with Gasteiger partial charge in [-0.1, -0.05) is 18.2 Å². The molecule has 0 N–H and O–H groups in total. The highest BCUT2D eigenvalue weighted by Gasteiger charge is 2.31. The van der Waals surface area contributed by atoms with Crippen molar-refractivity contribution in [3.05, 3.63) is 69.9 Å². The van der Waals surface area contributed by atoms with E-state index in [9.17, 15) is 9.59 Å². The van der Waals surface area contributed by atoms with Crippen molar-refractivity contribution >= 4 is 28.7 Å². The number of hydrogen-bond donors (Lipinski definition) is 0. The summed E-state index contributed by atoms with van der Waals surface area (Å²) in [6.45, 7) is 3.36. The number of aliphatic imine (C=N–C) groups is 1. The van der Waals surface area contributed by atoms with Gasteiger partial charge in [-0.15, -0.1) is 0 Å². The van der Waals surface area contributed by atoms with E-state index in [2.05, 4.69) is 9.98 Å². The van der Waals surface area contributed by atoms with Crippen molar-refractivity contribution in [1.82, 2.24) is 9.66 Å². The third-order valence-corrected chi connectivity index (χ3v) is 4.83. The van der Waals surface area contributed by atoms with E-state index in [-0.39, 0.29) is 11.3 Å². The summed E-state index contributed by atoms with van der Waals surface area (Å²) < 4.78 is 11.8. The number of aryl methyl sites for hydroxylation is 1. The molecule has 0 fully saturated rings. The van der Waals surface area contributed by atoms with Crippen LogP contribution in [0.3, 0.4) is 0 Å². The van der Waals surface area contributed by atoms with E-state index in [1.165, 1.54) is 9.69 Å². The minimum atomic E-state index is -0.412. The minimum Gasteiger partial charge on any atom is -0.493 e. The van der Waals surface area contributed by atoms with E-state index in [0.717, 1.165) is 5.56 Å². The molecule has 0 unspecified atom stereocenters. The normalized spacial score (nSPS) is 15.1. The number of benzene rings is 2. The average Bonchev–Trinajstić information content (AvgIpc) is 3.01. The second-order valence-electron chi connectivity index (χ2n) is 6.71. The van der Waals surface area contributed by atoms with E-state index >= 15 is 0 Å². The molecular weight excluding hydrogens is 384 g/mol. The first-order valence-electron chi connectivity index (χ1n) is 9.26. The lowest BCUT2D eigenvalue weighted by Gasteiger charge is -2.20. The molecule has 0 bridgehead atoms. The van der Waals surface area contributed by atoms with Crippen LogP contribution >= 0.6 is 0 Å². The van der Waals surface area contributed by atoms with Crippen molar-refractivity contribution in [2.75, 3.05) is 19.2 Å². The fourth-order valence-electron chi connectivity index (χ4n) is 3.43. The lowest BCUT2D eigenvalue weighted by molar-refractivity contribution is -0.115. The maximum Gasteiger partial charge on any atom is 0.297 e. The largest absolute Gasteiger partial charge is 0.493 e. The molecule has 0 saturated carbocycles. The molecule has 1 aliphatic heterocycles. The smallest absolute Gasteiger partial charge is 0.297 e. The molecule has 1 aromatic heterocycles. The lowest BCUT2D eigenvalue weighted by atomic mass is 10.1. The molecule has 4 rings (SSSR count). The number of fused-ring (bicyclic) bond motifs is 1. The quantitative estimate of drug-likeness (QED) is 0.624. The Kier molecular flexibility index (Phi) is 4.83. The van der Waals surface area contributed by atoms with Gasteiger partial charge in [0.15, 0.2) is 11.5 Å². The number of ether oxygens (including phenoxy) is 2. The van der Waals surface area contributed by atoms with Gasteiger partial charge in [0.1, 0.15) is 17.4 Å². The summed E-state index contributed by atoms with van der Waals surface area (Å²) in [5, 5.41) is 1.69. The molecule has 30 heavy (non-hydrogen) atoms. The Morgan fingerprint density at radius 2 is 1.70 bits per heavy atom. The van der Waals surface area contributed by atoms with Gasteiger partial charge in [0.05, 0.1) is 25.1 Å². The van der Waals surface area contributed by atoms with Crippen molar-refractivity contribution in [3.8, 4) is 11.5 Å². The Labute approximate surface area is 172 Å². The van der Waals surface area contributed by atoms with E-state index in [1.54, 1.807) is 70.5 Å². The van der Waals surface area contributed by atoms with E-state index in [0.29, 0.717) is 34.1 Å². The second kappa shape index (κ2) is 7.47. The van der Waals surface area contributed by atoms with Crippen molar-refractivity contribution in [2.24, 2.45) is 4.99 Å². The molecule has 1 amide bonds. The number of carbonyl (C=O) groups is 1. The van der Waals surface area contributed by atoms with Crippen LogP contribution in [-0.2, 0) is 4.79 Å².